The molecule has 1 aliphatic rings. The van der Waals surface area contributed by atoms with Crippen molar-refractivity contribution in [3.05, 3.63) is 46.3 Å². The maximum absolute atomic E-state index is 5.34. The van der Waals surface area contributed by atoms with Crippen LogP contribution in [-0.2, 0) is 6.42 Å². The van der Waals surface area contributed by atoms with Crippen molar-refractivity contribution in [1.82, 2.24) is 10.6 Å². The minimum Gasteiger partial charge on any atom is -0.497 e. The number of nitrogens with one attached hydrogen (secondary N) is 2. The quantitative estimate of drug-likeness (QED) is 0.886. The Hall–Kier alpha value is -1.78. The van der Waals surface area contributed by atoms with Crippen LogP contribution in [0.1, 0.15) is 16.9 Å². The Bertz CT molecular complexity index is 703. The van der Waals surface area contributed by atoms with Crippen LogP contribution in [0.5, 0.6) is 5.75 Å². The lowest BCUT2D eigenvalue weighted by Gasteiger charge is -2.20. The molecule has 3 nitrogen and oxygen atoms in total. The lowest BCUT2D eigenvalue weighted by Crippen LogP contribution is -2.20. The fraction of sp³-hybridized carbons (Fsp3) is 0.333. The van der Waals surface area contributed by atoms with Gasteiger partial charge in [0.25, 0.3) is 0 Å². The first-order valence-electron chi connectivity index (χ1n) is 7.58. The zero-order valence-corrected chi connectivity index (χ0v) is 14.1. The highest BCUT2D eigenvalue weighted by Crippen LogP contribution is 2.40. The molecule has 1 aromatic carbocycles. The number of hydrogen-bond acceptors (Lipinski definition) is 4. The number of hydrogen-bond donors (Lipinski definition) is 2. The zero-order chi connectivity index (χ0) is 15.5. The minimum atomic E-state index is 0.907. The first-order valence-corrected chi connectivity index (χ1v) is 8.40. The molecule has 22 heavy (non-hydrogen) atoms. The topological polar surface area (TPSA) is 33.3 Å². The fourth-order valence-electron chi connectivity index (χ4n) is 3.03. The fourth-order valence-corrected chi connectivity index (χ4v) is 4.19. The van der Waals surface area contributed by atoms with Crippen LogP contribution in [0.15, 0.2) is 35.9 Å². The summed E-state index contributed by atoms with van der Waals surface area (Å²) in [5.74, 6) is 0.907. The van der Waals surface area contributed by atoms with Crippen molar-refractivity contribution in [3.63, 3.8) is 0 Å². The third-order valence-electron chi connectivity index (χ3n) is 4.08. The van der Waals surface area contributed by atoms with Gasteiger partial charge in [0, 0.05) is 34.6 Å². The van der Waals surface area contributed by atoms with E-state index in [0.717, 1.165) is 25.1 Å². The van der Waals surface area contributed by atoms with Gasteiger partial charge in [-0.3, -0.25) is 0 Å². The molecule has 4 heteroatoms. The Kier molecular flexibility index (Phi) is 4.50. The maximum Gasteiger partial charge on any atom is 0.119 e. The van der Waals surface area contributed by atoms with E-state index in [0.29, 0.717) is 0 Å². The molecule has 0 atom stereocenters. The largest absolute Gasteiger partial charge is 0.497 e. The SMILES string of the molecule is CNCC1=C(NC)c2cc(-c3cccc(OC)c3)sc2CC1. The smallest absolute Gasteiger partial charge is 0.119 e. The monoisotopic (exact) mass is 314 g/mol. The summed E-state index contributed by atoms with van der Waals surface area (Å²) < 4.78 is 5.34. The lowest BCUT2D eigenvalue weighted by atomic mass is 9.94. The number of fused-ring (bicyclic) bond motifs is 1. The van der Waals surface area contributed by atoms with E-state index in [1.807, 2.05) is 37.6 Å². The zero-order valence-electron chi connectivity index (χ0n) is 13.3. The molecule has 0 unspecified atom stereocenters. The molecular formula is C18H22N2OS. The van der Waals surface area contributed by atoms with E-state index in [9.17, 15) is 0 Å². The second kappa shape index (κ2) is 6.55. The highest BCUT2D eigenvalue weighted by molar-refractivity contribution is 7.15. The predicted octanol–water partition coefficient (Wildman–Crippen LogP) is 3.52. The van der Waals surface area contributed by atoms with Gasteiger partial charge in [-0.25, -0.2) is 0 Å². The third kappa shape index (κ3) is 2.76. The van der Waals surface area contributed by atoms with Crippen LogP contribution in [0, 0.1) is 0 Å². The lowest BCUT2D eigenvalue weighted by molar-refractivity contribution is 0.415. The van der Waals surface area contributed by atoms with Gasteiger partial charge in [-0.1, -0.05) is 12.1 Å². The molecule has 2 N–H and O–H groups in total. The first-order chi connectivity index (χ1) is 10.8. The van der Waals surface area contributed by atoms with Gasteiger partial charge in [0.05, 0.1) is 7.11 Å². The number of likely N-dealkylation sites (N-methyl/N-ethyl adjacent to an activating group) is 1. The number of rotatable bonds is 5. The van der Waals surface area contributed by atoms with Crippen molar-refractivity contribution in [1.29, 1.82) is 0 Å². The van der Waals surface area contributed by atoms with Crippen molar-refractivity contribution >= 4 is 17.0 Å². The third-order valence-corrected chi connectivity index (χ3v) is 5.32. The van der Waals surface area contributed by atoms with Gasteiger partial charge >= 0.3 is 0 Å². The Balaban J connectivity index is 2.02. The van der Waals surface area contributed by atoms with Crippen molar-refractivity contribution in [2.75, 3.05) is 27.7 Å². The van der Waals surface area contributed by atoms with E-state index < -0.39 is 0 Å². The number of ether oxygens (including phenoxy) is 1. The first kappa shape index (κ1) is 15.1. The molecule has 1 aromatic heterocycles. The van der Waals surface area contributed by atoms with Gasteiger partial charge in [-0.2, -0.15) is 0 Å². The summed E-state index contributed by atoms with van der Waals surface area (Å²) in [6.45, 7) is 0.944. The molecule has 0 radical (unpaired) electrons. The summed E-state index contributed by atoms with van der Waals surface area (Å²) >= 11 is 1.90. The molecule has 0 spiro atoms. The van der Waals surface area contributed by atoms with E-state index >= 15 is 0 Å². The Labute approximate surface area is 136 Å². The summed E-state index contributed by atoms with van der Waals surface area (Å²) in [4.78, 5) is 2.78. The Morgan fingerprint density at radius 2 is 2.05 bits per heavy atom. The molecule has 1 aliphatic carbocycles. The number of aryl methyl sites for hydroxylation is 1. The standard InChI is InChI=1S/C18H22N2OS/c1-19-11-13-7-8-16-15(18(13)20-2)10-17(22-16)12-5-4-6-14(9-12)21-3/h4-6,9-10,19-20H,7-8,11H2,1-3H3. The van der Waals surface area contributed by atoms with Crippen molar-refractivity contribution < 1.29 is 4.74 Å². The average molecular weight is 314 g/mol. The average Bonchev–Trinajstić information content (AvgIpc) is 2.99. The molecule has 1 heterocycles. The van der Waals surface area contributed by atoms with Crippen LogP contribution in [0.3, 0.4) is 0 Å². The molecule has 0 fully saturated rings. The molecule has 0 saturated heterocycles. The molecule has 0 amide bonds. The second-order valence-electron chi connectivity index (χ2n) is 5.44. The molecular weight excluding hydrogens is 292 g/mol. The van der Waals surface area contributed by atoms with Crippen molar-refractivity contribution in [2.45, 2.75) is 12.8 Å². The van der Waals surface area contributed by atoms with Gasteiger partial charge in [-0.05, 0) is 49.2 Å². The van der Waals surface area contributed by atoms with Gasteiger partial charge in [0.15, 0.2) is 0 Å². The van der Waals surface area contributed by atoms with E-state index in [-0.39, 0.29) is 0 Å². The van der Waals surface area contributed by atoms with E-state index in [1.165, 1.54) is 32.2 Å². The van der Waals surface area contributed by atoms with Crippen molar-refractivity contribution in [2.24, 2.45) is 0 Å². The normalized spacial score (nSPS) is 14.0. The summed E-state index contributed by atoms with van der Waals surface area (Å²) in [6, 6.07) is 10.6. The van der Waals surface area contributed by atoms with Crippen LogP contribution in [0.2, 0.25) is 0 Å². The number of benzene rings is 1. The highest BCUT2D eigenvalue weighted by Gasteiger charge is 2.21. The Morgan fingerprint density at radius 1 is 1.18 bits per heavy atom. The second-order valence-corrected chi connectivity index (χ2v) is 6.58. The molecule has 0 bridgehead atoms. The van der Waals surface area contributed by atoms with Gasteiger partial charge in [-0.15, -0.1) is 11.3 Å². The predicted molar refractivity (Wildman–Crippen MR) is 94.5 cm³/mol. The van der Waals surface area contributed by atoms with Crippen LogP contribution >= 0.6 is 11.3 Å². The van der Waals surface area contributed by atoms with Crippen LogP contribution in [0.25, 0.3) is 16.1 Å². The Morgan fingerprint density at radius 3 is 2.77 bits per heavy atom. The number of methoxy groups -OCH3 is 1. The van der Waals surface area contributed by atoms with Gasteiger partial charge in [0.1, 0.15) is 5.75 Å². The van der Waals surface area contributed by atoms with Crippen LogP contribution < -0.4 is 15.4 Å². The van der Waals surface area contributed by atoms with E-state index in [1.54, 1.807) is 7.11 Å². The van der Waals surface area contributed by atoms with Gasteiger partial charge in [0.2, 0.25) is 0 Å². The molecule has 0 aliphatic heterocycles. The molecule has 116 valence electrons. The summed E-state index contributed by atoms with van der Waals surface area (Å²) in [7, 11) is 5.73. The molecule has 3 rings (SSSR count). The number of thiophene rings is 1. The van der Waals surface area contributed by atoms with E-state index in [4.69, 9.17) is 4.74 Å². The summed E-state index contributed by atoms with van der Waals surface area (Å²) in [5, 5.41) is 6.68. The maximum atomic E-state index is 5.34. The van der Waals surface area contributed by atoms with Gasteiger partial charge < -0.3 is 15.4 Å². The molecule has 0 saturated carbocycles. The van der Waals surface area contributed by atoms with Crippen LogP contribution in [0.4, 0.5) is 0 Å². The van der Waals surface area contributed by atoms with Crippen LogP contribution in [-0.4, -0.2) is 27.7 Å². The van der Waals surface area contributed by atoms with Crippen molar-refractivity contribution in [3.8, 4) is 16.2 Å². The highest BCUT2D eigenvalue weighted by atomic mass is 32.1. The summed E-state index contributed by atoms with van der Waals surface area (Å²) in [5.41, 5.74) is 5.35. The molecule has 2 aromatic rings. The van der Waals surface area contributed by atoms with E-state index in [2.05, 4.69) is 28.8 Å². The summed E-state index contributed by atoms with van der Waals surface area (Å²) in [6.07, 6.45) is 2.26. The minimum absolute atomic E-state index is 0.907.